The Kier molecular flexibility index (Phi) is 5.86. The molecule has 1 aliphatic heterocycles. The van der Waals surface area contributed by atoms with E-state index in [9.17, 15) is 0 Å². The third-order valence-corrected chi connectivity index (χ3v) is 4.18. The van der Waals surface area contributed by atoms with Crippen LogP contribution in [-0.4, -0.2) is 31.1 Å². The molecule has 1 saturated heterocycles. The minimum absolute atomic E-state index is 0.453. The van der Waals surface area contributed by atoms with E-state index in [1.54, 1.807) is 0 Å². The van der Waals surface area contributed by atoms with Crippen LogP contribution in [0.25, 0.3) is 0 Å². The van der Waals surface area contributed by atoms with Gasteiger partial charge in [0, 0.05) is 6.04 Å². The van der Waals surface area contributed by atoms with Gasteiger partial charge in [0.05, 0.1) is 6.61 Å². The van der Waals surface area contributed by atoms with Crippen molar-refractivity contribution in [2.24, 2.45) is 11.7 Å². The first-order valence-electron chi connectivity index (χ1n) is 7.97. The van der Waals surface area contributed by atoms with Gasteiger partial charge >= 0.3 is 0 Å². The number of likely N-dealkylation sites (tertiary alicyclic amines) is 1. The van der Waals surface area contributed by atoms with E-state index in [1.165, 1.54) is 31.4 Å². The minimum atomic E-state index is 0.453. The monoisotopic (exact) mass is 276 g/mol. The summed E-state index contributed by atoms with van der Waals surface area (Å²) in [7, 11) is 0. The highest BCUT2D eigenvalue weighted by Gasteiger charge is 2.31. The molecule has 112 valence electrons. The molecule has 1 aromatic rings. The molecule has 0 saturated carbocycles. The van der Waals surface area contributed by atoms with Crippen molar-refractivity contribution in [3.8, 4) is 5.75 Å². The van der Waals surface area contributed by atoms with Gasteiger partial charge < -0.3 is 10.5 Å². The Hall–Kier alpha value is -1.06. The Morgan fingerprint density at radius 3 is 2.90 bits per heavy atom. The lowest BCUT2D eigenvalue weighted by molar-refractivity contribution is 0.0958. The maximum absolute atomic E-state index is 6.03. The van der Waals surface area contributed by atoms with Gasteiger partial charge in [-0.3, -0.25) is 4.90 Å². The summed E-state index contributed by atoms with van der Waals surface area (Å²) in [5.41, 5.74) is 7.39. The molecule has 1 aromatic carbocycles. The van der Waals surface area contributed by atoms with Crippen LogP contribution in [0.1, 0.15) is 44.7 Å². The van der Waals surface area contributed by atoms with Crippen molar-refractivity contribution in [1.82, 2.24) is 4.90 Å². The van der Waals surface area contributed by atoms with E-state index in [0.717, 1.165) is 18.8 Å². The molecule has 3 nitrogen and oxygen atoms in total. The van der Waals surface area contributed by atoms with E-state index in [4.69, 9.17) is 10.5 Å². The molecule has 2 atom stereocenters. The number of piperidine rings is 1. The van der Waals surface area contributed by atoms with Crippen LogP contribution in [0.3, 0.4) is 0 Å². The van der Waals surface area contributed by atoms with Crippen LogP contribution in [0.15, 0.2) is 24.3 Å². The van der Waals surface area contributed by atoms with Crippen molar-refractivity contribution in [2.45, 2.75) is 39.2 Å². The molecule has 0 spiro atoms. The molecule has 0 bridgehead atoms. The predicted molar refractivity (Wildman–Crippen MR) is 84.0 cm³/mol. The summed E-state index contributed by atoms with van der Waals surface area (Å²) in [4.78, 5) is 2.60. The lowest BCUT2D eigenvalue weighted by atomic mass is 9.84. The molecule has 20 heavy (non-hydrogen) atoms. The average Bonchev–Trinajstić information content (AvgIpc) is 2.48. The second-order valence-electron chi connectivity index (χ2n) is 5.62. The van der Waals surface area contributed by atoms with E-state index in [1.807, 2.05) is 13.0 Å². The Morgan fingerprint density at radius 1 is 1.35 bits per heavy atom. The van der Waals surface area contributed by atoms with Crippen molar-refractivity contribution < 1.29 is 4.74 Å². The summed E-state index contributed by atoms with van der Waals surface area (Å²) in [5, 5.41) is 0. The molecule has 0 radical (unpaired) electrons. The van der Waals surface area contributed by atoms with E-state index in [0.29, 0.717) is 18.6 Å². The predicted octanol–water partition coefficient (Wildman–Crippen LogP) is 3.21. The van der Waals surface area contributed by atoms with Gasteiger partial charge in [-0.1, -0.05) is 19.1 Å². The molecule has 2 rings (SSSR count). The standard InChI is InChI=1S/C17H28N2O/c1-3-10-19-11-6-8-15(13-18)17(19)14-7-5-9-16(12-14)20-4-2/h5,7,9,12,15,17H,3-4,6,8,10-11,13,18H2,1-2H3. The van der Waals surface area contributed by atoms with Crippen LogP contribution in [0.2, 0.25) is 0 Å². The van der Waals surface area contributed by atoms with Gasteiger partial charge in [-0.15, -0.1) is 0 Å². The fraction of sp³-hybridized carbons (Fsp3) is 0.647. The summed E-state index contributed by atoms with van der Waals surface area (Å²) in [6.45, 7) is 8.10. The number of ether oxygens (including phenoxy) is 1. The summed E-state index contributed by atoms with van der Waals surface area (Å²) >= 11 is 0. The summed E-state index contributed by atoms with van der Waals surface area (Å²) in [5.74, 6) is 1.54. The minimum Gasteiger partial charge on any atom is -0.494 e. The first kappa shape index (κ1) is 15.3. The Balaban J connectivity index is 2.25. The molecule has 0 amide bonds. The fourth-order valence-corrected chi connectivity index (χ4v) is 3.37. The molecular formula is C17H28N2O. The van der Waals surface area contributed by atoms with Crippen molar-refractivity contribution in [2.75, 3.05) is 26.2 Å². The van der Waals surface area contributed by atoms with Crippen LogP contribution >= 0.6 is 0 Å². The highest BCUT2D eigenvalue weighted by molar-refractivity contribution is 5.31. The molecule has 1 aliphatic rings. The molecule has 3 heteroatoms. The fourth-order valence-electron chi connectivity index (χ4n) is 3.37. The quantitative estimate of drug-likeness (QED) is 0.867. The SMILES string of the molecule is CCCN1CCCC(CN)C1c1cccc(OCC)c1. The van der Waals surface area contributed by atoms with Crippen molar-refractivity contribution >= 4 is 0 Å². The number of nitrogens with zero attached hydrogens (tertiary/aromatic N) is 1. The third kappa shape index (κ3) is 3.53. The maximum Gasteiger partial charge on any atom is 0.119 e. The Labute approximate surface area is 123 Å². The molecule has 2 N–H and O–H groups in total. The van der Waals surface area contributed by atoms with E-state index in [-0.39, 0.29) is 0 Å². The molecule has 0 aromatic heterocycles. The topological polar surface area (TPSA) is 38.5 Å². The highest BCUT2D eigenvalue weighted by Crippen LogP contribution is 2.36. The summed E-state index contributed by atoms with van der Waals surface area (Å²) in [6, 6.07) is 9.02. The van der Waals surface area contributed by atoms with Crippen LogP contribution in [0.5, 0.6) is 5.75 Å². The maximum atomic E-state index is 6.03. The first-order chi connectivity index (χ1) is 9.80. The lowest BCUT2D eigenvalue weighted by Crippen LogP contribution is -2.41. The first-order valence-corrected chi connectivity index (χ1v) is 7.97. The smallest absolute Gasteiger partial charge is 0.119 e. The van der Waals surface area contributed by atoms with Gasteiger partial charge in [0.25, 0.3) is 0 Å². The number of hydrogen-bond acceptors (Lipinski definition) is 3. The Bertz CT molecular complexity index is 406. The van der Waals surface area contributed by atoms with Crippen LogP contribution < -0.4 is 10.5 Å². The normalized spacial score (nSPS) is 23.8. The van der Waals surface area contributed by atoms with Crippen molar-refractivity contribution in [1.29, 1.82) is 0 Å². The zero-order valence-corrected chi connectivity index (χ0v) is 12.8. The van der Waals surface area contributed by atoms with Crippen LogP contribution in [0.4, 0.5) is 0 Å². The van der Waals surface area contributed by atoms with Crippen molar-refractivity contribution in [3.05, 3.63) is 29.8 Å². The van der Waals surface area contributed by atoms with E-state index < -0.39 is 0 Å². The second-order valence-corrected chi connectivity index (χ2v) is 5.62. The van der Waals surface area contributed by atoms with Gasteiger partial charge in [0.1, 0.15) is 5.75 Å². The van der Waals surface area contributed by atoms with Gasteiger partial charge in [-0.25, -0.2) is 0 Å². The van der Waals surface area contributed by atoms with Gasteiger partial charge in [0.15, 0.2) is 0 Å². The van der Waals surface area contributed by atoms with E-state index >= 15 is 0 Å². The van der Waals surface area contributed by atoms with Crippen molar-refractivity contribution in [3.63, 3.8) is 0 Å². The lowest BCUT2D eigenvalue weighted by Gasteiger charge is -2.41. The molecule has 1 heterocycles. The number of rotatable bonds is 6. The highest BCUT2D eigenvalue weighted by atomic mass is 16.5. The molecule has 1 fully saturated rings. The zero-order valence-electron chi connectivity index (χ0n) is 12.8. The van der Waals surface area contributed by atoms with Crippen LogP contribution in [0, 0.1) is 5.92 Å². The van der Waals surface area contributed by atoms with Gasteiger partial charge in [-0.05, 0) is 69.4 Å². The Morgan fingerprint density at radius 2 is 2.20 bits per heavy atom. The molecule has 2 unspecified atom stereocenters. The van der Waals surface area contributed by atoms with Crippen LogP contribution in [-0.2, 0) is 0 Å². The molecule has 0 aliphatic carbocycles. The zero-order chi connectivity index (χ0) is 14.4. The largest absolute Gasteiger partial charge is 0.494 e. The number of nitrogens with two attached hydrogens (primary N) is 1. The van der Waals surface area contributed by atoms with Gasteiger partial charge in [0.2, 0.25) is 0 Å². The average molecular weight is 276 g/mol. The summed E-state index contributed by atoms with van der Waals surface area (Å²) < 4.78 is 5.65. The number of hydrogen-bond donors (Lipinski definition) is 1. The molecular weight excluding hydrogens is 248 g/mol. The second kappa shape index (κ2) is 7.65. The van der Waals surface area contributed by atoms with Gasteiger partial charge in [-0.2, -0.15) is 0 Å². The summed E-state index contributed by atoms with van der Waals surface area (Å²) in [6.07, 6.45) is 3.70. The third-order valence-electron chi connectivity index (χ3n) is 4.18. The van der Waals surface area contributed by atoms with E-state index in [2.05, 4.69) is 30.0 Å². The number of benzene rings is 1.